The summed E-state index contributed by atoms with van der Waals surface area (Å²) in [7, 11) is 0. The van der Waals surface area contributed by atoms with Gasteiger partial charge in [0.1, 0.15) is 0 Å². The van der Waals surface area contributed by atoms with Gasteiger partial charge in [0.25, 0.3) is 0 Å². The minimum Gasteiger partial charge on any atom is -0.310 e. The van der Waals surface area contributed by atoms with Gasteiger partial charge in [-0.3, -0.25) is 0 Å². The van der Waals surface area contributed by atoms with E-state index in [9.17, 15) is 0 Å². The van der Waals surface area contributed by atoms with E-state index in [1.807, 2.05) is 0 Å². The molecule has 1 aromatic rings. The quantitative estimate of drug-likeness (QED) is 0.760. The fourth-order valence-electron chi connectivity index (χ4n) is 4.11. The van der Waals surface area contributed by atoms with Crippen molar-refractivity contribution in [2.45, 2.75) is 70.8 Å². The minimum atomic E-state index is 0.568. The van der Waals surface area contributed by atoms with Crippen LogP contribution in [0.3, 0.4) is 0 Å². The third kappa shape index (κ3) is 3.51. The van der Waals surface area contributed by atoms with Gasteiger partial charge in [0.2, 0.25) is 0 Å². The van der Waals surface area contributed by atoms with E-state index in [4.69, 9.17) is 0 Å². The summed E-state index contributed by atoms with van der Waals surface area (Å²) in [4.78, 5) is 0. The molecule has 0 bridgehead atoms. The van der Waals surface area contributed by atoms with Gasteiger partial charge in [-0.1, -0.05) is 57.4 Å². The van der Waals surface area contributed by atoms with Crippen molar-refractivity contribution in [2.75, 3.05) is 6.54 Å². The highest BCUT2D eigenvalue weighted by Crippen LogP contribution is 2.39. The van der Waals surface area contributed by atoms with Gasteiger partial charge in [-0.25, -0.2) is 0 Å². The number of benzene rings is 1. The lowest BCUT2D eigenvalue weighted by Gasteiger charge is -2.34. The van der Waals surface area contributed by atoms with Gasteiger partial charge in [0, 0.05) is 6.04 Å². The summed E-state index contributed by atoms with van der Waals surface area (Å²) in [5.74, 6) is 2.62. The van der Waals surface area contributed by atoms with Gasteiger partial charge in [0.15, 0.2) is 0 Å². The molecular formula is C20H31N. The van der Waals surface area contributed by atoms with Crippen LogP contribution in [0, 0.1) is 11.8 Å². The number of nitrogens with one attached hydrogen (secondary N) is 1. The Labute approximate surface area is 130 Å². The second kappa shape index (κ2) is 6.96. The number of hydrogen-bond acceptors (Lipinski definition) is 1. The van der Waals surface area contributed by atoms with Crippen molar-refractivity contribution in [3.63, 3.8) is 0 Å². The molecule has 1 atom stereocenters. The molecule has 0 aromatic heterocycles. The predicted molar refractivity (Wildman–Crippen MR) is 90.6 cm³/mol. The Morgan fingerprint density at radius 1 is 1.00 bits per heavy atom. The second-order valence-electron chi connectivity index (χ2n) is 7.35. The number of rotatable bonds is 5. The highest BCUT2D eigenvalue weighted by Gasteiger charge is 2.27. The molecule has 2 aliphatic carbocycles. The number of hydrogen-bond donors (Lipinski definition) is 1. The first-order valence-electron chi connectivity index (χ1n) is 9.11. The van der Waals surface area contributed by atoms with E-state index in [0.29, 0.717) is 6.04 Å². The van der Waals surface area contributed by atoms with Crippen molar-refractivity contribution in [2.24, 2.45) is 11.8 Å². The maximum absolute atomic E-state index is 3.76. The van der Waals surface area contributed by atoms with Crippen LogP contribution in [0.2, 0.25) is 0 Å². The standard InChI is InChI=1S/C20H31N/c1-3-21-20(18-9-7-15(2)8-10-18)19-13-11-17(12-14-19)16-5-4-6-16/h11-16,18,20-21H,3-10H2,1-2H3. The van der Waals surface area contributed by atoms with Crippen LogP contribution in [0.25, 0.3) is 0 Å². The summed E-state index contributed by atoms with van der Waals surface area (Å²) in [6, 6.07) is 10.2. The summed E-state index contributed by atoms with van der Waals surface area (Å²) in [6.45, 7) is 5.72. The highest BCUT2D eigenvalue weighted by molar-refractivity contribution is 5.29. The molecule has 0 heterocycles. The normalized spacial score (nSPS) is 28.1. The Hall–Kier alpha value is -0.820. The van der Waals surface area contributed by atoms with E-state index in [2.05, 4.69) is 43.4 Å². The zero-order valence-corrected chi connectivity index (χ0v) is 13.8. The van der Waals surface area contributed by atoms with Crippen LogP contribution >= 0.6 is 0 Å². The molecule has 1 nitrogen and oxygen atoms in total. The van der Waals surface area contributed by atoms with Crippen molar-refractivity contribution >= 4 is 0 Å². The van der Waals surface area contributed by atoms with Crippen LogP contribution in [0.4, 0.5) is 0 Å². The first kappa shape index (κ1) is 15.1. The first-order valence-corrected chi connectivity index (χ1v) is 9.11. The van der Waals surface area contributed by atoms with E-state index < -0.39 is 0 Å². The Morgan fingerprint density at radius 3 is 2.19 bits per heavy atom. The second-order valence-corrected chi connectivity index (χ2v) is 7.35. The maximum Gasteiger partial charge on any atom is 0.0348 e. The van der Waals surface area contributed by atoms with Crippen molar-refractivity contribution in [1.82, 2.24) is 5.32 Å². The van der Waals surface area contributed by atoms with Crippen LogP contribution in [0.15, 0.2) is 24.3 Å². The van der Waals surface area contributed by atoms with E-state index in [1.54, 1.807) is 5.56 Å². The average Bonchev–Trinajstić information content (AvgIpc) is 2.45. The van der Waals surface area contributed by atoms with Crippen molar-refractivity contribution in [3.8, 4) is 0 Å². The van der Waals surface area contributed by atoms with Crippen LogP contribution < -0.4 is 5.32 Å². The third-order valence-corrected chi connectivity index (χ3v) is 5.83. The van der Waals surface area contributed by atoms with Crippen molar-refractivity contribution < 1.29 is 0 Å². The summed E-state index contributed by atoms with van der Waals surface area (Å²) in [6.07, 6.45) is 9.82. The molecule has 0 aliphatic heterocycles. The van der Waals surface area contributed by atoms with Crippen LogP contribution in [-0.2, 0) is 0 Å². The topological polar surface area (TPSA) is 12.0 Å². The fourth-order valence-corrected chi connectivity index (χ4v) is 4.11. The zero-order chi connectivity index (χ0) is 14.7. The molecule has 1 unspecified atom stereocenters. The Kier molecular flexibility index (Phi) is 5.00. The smallest absolute Gasteiger partial charge is 0.0348 e. The zero-order valence-electron chi connectivity index (χ0n) is 13.8. The SMILES string of the molecule is CCNC(c1ccc(C2CCC2)cc1)C1CCC(C)CC1. The summed E-state index contributed by atoms with van der Waals surface area (Å²) < 4.78 is 0. The van der Waals surface area contributed by atoms with Gasteiger partial charge in [-0.05, 0) is 61.1 Å². The van der Waals surface area contributed by atoms with Crippen LogP contribution in [0.1, 0.15) is 81.9 Å². The lowest BCUT2D eigenvalue weighted by Crippen LogP contribution is -2.30. The predicted octanol–water partition coefficient (Wildman–Crippen LogP) is 5.43. The average molecular weight is 285 g/mol. The molecular weight excluding hydrogens is 254 g/mol. The molecule has 0 radical (unpaired) electrons. The molecule has 3 rings (SSSR count). The van der Waals surface area contributed by atoms with Crippen molar-refractivity contribution in [3.05, 3.63) is 35.4 Å². The van der Waals surface area contributed by atoms with E-state index in [1.165, 1.54) is 50.5 Å². The molecule has 1 heteroatoms. The lowest BCUT2D eigenvalue weighted by molar-refractivity contribution is 0.233. The van der Waals surface area contributed by atoms with Crippen molar-refractivity contribution in [1.29, 1.82) is 0 Å². The monoisotopic (exact) mass is 285 g/mol. The van der Waals surface area contributed by atoms with E-state index >= 15 is 0 Å². The molecule has 0 saturated heterocycles. The minimum absolute atomic E-state index is 0.568. The molecule has 0 amide bonds. The van der Waals surface area contributed by atoms with Gasteiger partial charge < -0.3 is 5.32 Å². The molecule has 2 fully saturated rings. The molecule has 2 saturated carbocycles. The summed E-state index contributed by atoms with van der Waals surface area (Å²) >= 11 is 0. The van der Waals surface area contributed by atoms with Gasteiger partial charge in [0.05, 0.1) is 0 Å². The van der Waals surface area contributed by atoms with E-state index in [0.717, 1.165) is 24.3 Å². The van der Waals surface area contributed by atoms with Crippen LogP contribution in [-0.4, -0.2) is 6.54 Å². The first-order chi connectivity index (χ1) is 10.3. The highest BCUT2D eigenvalue weighted by atomic mass is 14.9. The van der Waals surface area contributed by atoms with Crippen LogP contribution in [0.5, 0.6) is 0 Å². The Balaban J connectivity index is 1.70. The van der Waals surface area contributed by atoms with Gasteiger partial charge in [-0.15, -0.1) is 0 Å². The Morgan fingerprint density at radius 2 is 1.67 bits per heavy atom. The molecule has 116 valence electrons. The maximum atomic E-state index is 3.76. The molecule has 1 aromatic carbocycles. The Bertz CT molecular complexity index is 424. The molecule has 0 spiro atoms. The molecule has 21 heavy (non-hydrogen) atoms. The van der Waals surface area contributed by atoms with Gasteiger partial charge >= 0.3 is 0 Å². The third-order valence-electron chi connectivity index (χ3n) is 5.83. The van der Waals surface area contributed by atoms with Gasteiger partial charge in [-0.2, -0.15) is 0 Å². The molecule has 2 aliphatic rings. The summed E-state index contributed by atoms with van der Waals surface area (Å²) in [5.41, 5.74) is 3.08. The largest absolute Gasteiger partial charge is 0.310 e. The van der Waals surface area contributed by atoms with E-state index in [-0.39, 0.29) is 0 Å². The lowest BCUT2D eigenvalue weighted by atomic mass is 9.76. The fraction of sp³-hybridized carbons (Fsp3) is 0.700. The molecule has 1 N–H and O–H groups in total. The summed E-state index contributed by atoms with van der Waals surface area (Å²) in [5, 5.41) is 3.76.